The lowest BCUT2D eigenvalue weighted by Gasteiger charge is -2.25. The maximum absolute atomic E-state index is 12.9. The maximum Gasteiger partial charge on any atom is 0.295 e. The quantitative estimate of drug-likeness (QED) is 0.140. The Hall–Kier alpha value is -3.56. The van der Waals surface area contributed by atoms with E-state index in [0.29, 0.717) is 25.1 Å². The van der Waals surface area contributed by atoms with Crippen molar-refractivity contribution in [2.45, 2.75) is 12.5 Å². The van der Waals surface area contributed by atoms with Crippen LogP contribution in [-0.4, -0.2) is 58.0 Å². The number of hydrogen-bond acceptors (Lipinski definition) is 7. The third-order valence-electron chi connectivity index (χ3n) is 5.05. The first-order chi connectivity index (χ1) is 15.0. The Bertz CT molecular complexity index is 988. The molecule has 3 N–H and O–H groups in total. The zero-order valence-corrected chi connectivity index (χ0v) is 16.7. The van der Waals surface area contributed by atoms with Crippen LogP contribution in [0, 0.1) is 10.1 Å². The predicted molar refractivity (Wildman–Crippen MR) is 113 cm³/mol. The van der Waals surface area contributed by atoms with Crippen molar-refractivity contribution in [1.29, 1.82) is 0 Å². The van der Waals surface area contributed by atoms with Gasteiger partial charge >= 0.3 is 0 Å². The molecule has 0 spiro atoms. The summed E-state index contributed by atoms with van der Waals surface area (Å²) < 4.78 is 0. The second-order valence-electron chi connectivity index (χ2n) is 7.03. The van der Waals surface area contributed by atoms with Gasteiger partial charge in [-0.25, -0.2) is 0 Å². The van der Waals surface area contributed by atoms with Crippen molar-refractivity contribution in [3.05, 3.63) is 81.4 Å². The number of rotatable bonds is 9. The van der Waals surface area contributed by atoms with Gasteiger partial charge in [0, 0.05) is 30.8 Å². The lowest BCUT2D eigenvalue weighted by atomic mass is 9.95. The van der Waals surface area contributed by atoms with Gasteiger partial charge in [0.15, 0.2) is 0 Å². The number of amides is 1. The Morgan fingerprint density at radius 3 is 2.35 bits per heavy atom. The SMILES string of the molecule is O=C1C(=O)N(CCCNCCO)C(c2ccccc2)/C1=C(\O)c1ccc([N+](=O)[O-])cc1. The third-order valence-corrected chi connectivity index (χ3v) is 5.05. The average Bonchev–Trinajstić information content (AvgIpc) is 3.04. The van der Waals surface area contributed by atoms with Crippen molar-refractivity contribution in [3.63, 3.8) is 0 Å². The van der Waals surface area contributed by atoms with Crippen molar-refractivity contribution in [3.8, 4) is 0 Å². The van der Waals surface area contributed by atoms with Crippen LogP contribution < -0.4 is 5.32 Å². The van der Waals surface area contributed by atoms with Crippen LogP contribution in [0.3, 0.4) is 0 Å². The van der Waals surface area contributed by atoms with Gasteiger partial charge in [0.05, 0.1) is 23.1 Å². The molecule has 0 radical (unpaired) electrons. The minimum Gasteiger partial charge on any atom is -0.507 e. The van der Waals surface area contributed by atoms with E-state index in [2.05, 4.69) is 5.32 Å². The Kier molecular flexibility index (Phi) is 7.11. The van der Waals surface area contributed by atoms with E-state index in [0.717, 1.165) is 0 Å². The lowest BCUT2D eigenvalue weighted by Crippen LogP contribution is -2.32. The number of nitro benzene ring substituents is 1. The molecular weight excluding hydrogens is 402 g/mol. The zero-order valence-electron chi connectivity index (χ0n) is 16.7. The van der Waals surface area contributed by atoms with Crippen molar-refractivity contribution >= 4 is 23.1 Å². The maximum atomic E-state index is 12.9. The predicted octanol–water partition coefficient (Wildman–Crippen LogP) is 1.99. The molecule has 0 bridgehead atoms. The minimum absolute atomic E-state index is 0.00374. The highest BCUT2D eigenvalue weighted by molar-refractivity contribution is 6.46. The molecule has 9 heteroatoms. The molecule has 1 aliphatic heterocycles. The Labute approximate surface area is 178 Å². The molecule has 1 saturated heterocycles. The number of aliphatic hydroxyl groups is 2. The van der Waals surface area contributed by atoms with Gasteiger partial charge in [-0.2, -0.15) is 0 Å². The monoisotopic (exact) mass is 425 g/mol. The molecule has 1 heterocycles. The van der Waals surface area contributed by atoms with Gasteiger partial charge in [-0.15, -0.1) is 0 Å². The van der Waals surface area contributed by atoms with E-state index in [1.807, 2.05) is 6.07 Å². The number of benzene rings is 2. The number of nitro groups is 1. The summed E-state index contributed by atoms with van der Waals surface area (Å²) in [6.07, 6.45) is 0.550. The van der Waals surface area contributed by atoms with Crippen LogP contribution in [0.25, 0.3) is 5.76 Å². The van der Waals surface area contributed by atoms with Crippen molar-refractivity contribution in [1.82, 2.24) is 10.2 Å². The second-order valence-corrected chi connectivity index (χ2v) is 7.03. The Morgan fingerprint density at radius 2 is 1.74 bits per heavy atom. The summed E-state index contributed by atoms with van der Waals surface area (Å²) in [4.78, 5) is 37.4. The van der Waals surface area contributed by atoms with E-state index in [1.54, 1.807) is 24.3 Å². The number of aliphatic hydroxyl groups excluding tert-OH is 2. The molecule has 9 nitrogen and oxygen atoms in total. The zero-order chi connectivity index (χ0) is 22.4. The summed E-state index contributed by atoms with van der Waals surface area (Å²) in [5, 5.41) is 33.7. The van der Waals surface area contributed by atoms with Crippen molar-refractivity contribution < 1.29 is 24.7 Å². The molecular formula is C22H23N3O6. The minimum atomic E-state index is -0.798. The smallest absolute Gasteiger partial charge is 0.295 e. The van der Waals surface area contributed by atoms with Gasteiger partial charge in [-0.05, 0) is 30.7 Å². The molecule has 162 valence electrons. The molecule has 2 aromatic carbocycles. The highest BCUT2D eigenvalue weighted by Gasteiger charge is 2.45. The molecule has 0 saturated carbocycles. The van der Waals surface area contributed by atoms with Crippen LogP contribution in [-0.2, 0) is 9.59 Å². The van der Waals surface area contributed by atoms with Crippen LogP contribution in [0.15, 0.2) is 60.2 Å². The summed E-state index contributed by atoms with van der Waals surface area (Å²) >= 11 is 0. The van der Waals surface area contributed by atoms with E-state index < -0.39 is 22.7 Å². The molecule has 1 aliphatic rings. The number of hydrogen-bond donors (Lipinski definition) is 3. The highest BCUT2D eigenvalue weighted by Crippen LogP contribution is 2.39. The normalized spacial score (nSPS) is 17.8. The summed E-state index contributed by atoms with van der Waals surface area (Å²) in [7, 11) is 0. The Balaban J connectivity index is 1.98. The number of ketones is 1. The molecule has 1 atom stereocenters. The van der Waals surface area contributed by atoms with Crippen molar-refractivity contribution in [2.75, 3.05) is 26.2 Å². The molecule has 1 fully saturated rings. The topological polar surface area (TPSA) is 133 Å². The molecule has 2 aromatic rings. The fourth-order valence-corrected chi connectivity index (χ4v) is 3.57. The van der Waals surface area contributed by atoms with Crippen LogP contribution in [0.4, 0.5) is 5.69 Å². The highest BCUT2D eigenvalue weighted by atomic mass is 16.6. The number of nitrogens with zero attached hydrogens (tertiary/aromatic N) is 2. The average molecular weight is 425 g/mol. The van der Waals surface area contributed by atoms with Crippen LogP contribution >= 0.6 is 0 Å². The van der Waals surface area contributed by atoms with E-state index in [4.69, 9.17) is 5.11 Å². The summed E-state index contributed by atoms with van der Waals surface area (Å²) in [5.74, 6) is -1.88. The summed E-state index contributed by atoms with van der Waals surface area (Å²) in [5.41, 5.74) is 0.697. The van der Waals surface area contributed by atoms with Crippen LogP contribution in [0.2, 0.25) is 0 Å². The number of carbonyl (C=O) groups is 2. The number of carbonyl (C=O) groups excluding carboxylic acids is 2. The first-order valence-electron chi connectivity index (χ1n) is 9.85. The van der Waals surface area contributed by atoms with Gasteiger partial charge in [-0.1, -0.05) is 30.3 Å². The van der Waals surface area contributed by atoms with Gasteiger partial charge in [0.25, 0.3) is 17.4 Å². The van der Waals surface area contributed by atoms with Gasteiger partial charge in [-0.3, -0.25) is 19.7 Å². The molecule has 3 rings (SSSR count). The summed E-state index contributed by atoms with van der Waals surface area (Å²) in [6, 6.07) is 13.3. The fraction of sp³-hybridized carbons (Fsp3) is 0.273. The largest absolute Gasteiger partial charge is 0.507 e. The second kappa shape index (κ2) is 9.96. The number of likely N-dealkylation sites (tertiary alicyclic amines) is 1. The molecule has 0 aliphatic carbocycles. The Morgan fingerprint density at radius 1 is 1.06 bits per heavy atom. The molecule has 31 heavy (non-hydrogen) atoms. The van der Waals surface area contributed by atoms with Gasteiger partial charge in [0.2, 0.25) is 0 Å². The first kappa shape index (κ1) is 22.1. The fourth-order valence-electron chi connectivity index (χ4n) is 3.57. The summed E-state index contributed by atoms with van der Waals surface area (Å²) in [6.45, 7) is 1.26. The van der Waals surface area contributed by atoms with Crippen LogP contribution in [0.1, 0.15) is 23.6 Å². The van der Waals surface area contributed by atoms with E-state index >= 15 is 0 Å². The van der Waals surface area contributed by atoms with E-state index in [-0.39, 0.29) is 35.7 Å². The van der Waals surface area contributed by atoms with E-state index in [1.165, 1.54) is 29.2 Å². The number of Topliss-reactive ketones (excluding diaryl/α,β-unsaturated/α-hetero) is 1. The third kappa shape index (κ3) is 4.79. The molecule has 0 aromatic heterocycles. The van der Waals surface area contributed by atoms with Crippen LogP contribution in [0.5, 0.6) is 0 Å². The lowest BCUT2D eigenvalue weighted by molar-refractivity contribution is -0.384. The standard InChI is InChI=1S/C22H23N3O6/c26-14-12-23-11-4-13-24-19(15-5-2-1-3-6-15)18(21(28)22(24)29)20(27)16-7-9-17(10-8-16)25(30)31/h1-3,5-10,19,23,26-27H,4,11-14H2/b20-18+. The molecule has 1 amide bonds. The van der Waals surface area contributed by atoms with Gasteiger partial charge < -0.3 is 20.4 Å². The first-order valence-corrected chi connectivity index (χ1v) is 9.85. The van der Waals surface area contributed by atoms with Gasteiger partial charge in [0.1, 0.15) is 5.76 Å². The number of non-ortho nitro benzene ring substituents is 1. The van der Waals surface area contributed by atoms with Crippen molar-refractivity contribution in [2.24, 2.45) is 0 Å². The van der Waals surface area contributed by atoms with E-state index in [9.17, 15) is 24.8 Å². The molecule has 1 unspecified atom stereocenters. The number of nitrogens with one attached hydrogen (secondary N) is 1.